The van der Waals surface area contributed by atoms with Gasteiger partial charge < -0.3 is 10.2 Å². The second-order valence-corrected chi connectivity index (χ2v) is 14.5. The fourth-order valence-corrected chi connectivity index (χ4v) is 9.42. The lowest BCUT2D eigenvalue weighted by molar-refractivity contribution is 0.744. The Morgan fingerprint density at radius 2 is 1.02 bits per heavy atom. The van der Waals surface area contributed by atoms with Crippen molar-refractivity contribution in [1.29, 1.82) is 0 Å². The molecular weight excluding hydrogens is 653 g/mol. The van der Waals surface area contributed by atoms with Crippen LogP contribution in [-0.2, 0) is 5.41 Å². The maximum Gasteiger partial charge on any atom is 0.0754 e. The minimum atomic E-state index is -0.540. The highest BCUT2D eigenvalue weighted by molar-refractivity contribution is 6.01. The largest absolute Gasteiger partial charge is 0.374 e. The normalized spacial score (nSPS) is 16.1. The van der Waals surface area contributed by atoms with Crippen molar-refractivity contribution >= 4 is 39.1 Å². The van der Waals surface area contributed by atoms with E-state index in [4.69, 9.17) is 0 Å². The Hall–Kier alpha value is -6.90. The Bertz CT molecular complexity index is 2750. The van der Waals surface area contributed by atoms with E-state index in [-0.39, 0.29) is 6.04 Å². The van der Waals surface area contributed by atoms with E-state index in [0.29, 0.717) is 0 Å². The zero-order chi connectivity index (χ0) is 35.6. The number of dihydropyridines is 1. The van der Waals surface area contributed by atoms with Crippen LogP contribution in [0.1, 0.15) is 45.0 Å². The Balaban J connectivity index is 1.22. The summed E-state index contributed by atoms with van der Waals surface area (Å²) in [5.74, 6) is 0. The number of allylic oxidation sites excluding steroid dienone is 2. The van der Waals surface area contributed by atoms with Crippen LogP contribution in [0.5, 0.6) is 0 Å². The van der Waals surface area contributed by atoms with Crippen LogP contribution >= 0.6 is 0 Å². The third-order valence-corrected chi connectivity index (χ3v) is 11.7. The van der Waals surface area contributed by atoms with E-state index >= 15 is 0 Å². The third-order valence-electron chi connectivity index (χ3n) is 11.7. The number of nitrogens with one attached hydrogen (secondary N) is 1. The lowest BCUT2D eigenvalue weighted by Crippen LogP contribution is -2.36. The molecule has 0 aromatic heterocycles. The van der Waals surface area contributed by atoms with Crippen molar-refractivity contribution < 1.29 is 0 Å². The van der Waals surface area contributed by atoms with Gasteiger partial charge in [-0.25, -0.2) is 0 Å². The van der Waals surface area contributed by atoms with Gasteiger partial charge in [0, 0.05) is 11.4 Å². The van der Waals surface area contributed by atoms with Gasteiger partial charge in [-0.15, -0.1) is 0 Å². The van der Waals surface area contributed by atoms with Crippen molar-refractivity contribution in [3.05, 3.63) is 245 Å². The summed E-state index contributed by atoms with van der Waals surface area (Å²) in [6, 6.07) is 71.2. The summed E-state index contributed by atoms with van der Waals surface area (Å²) in [4.78, 5) is 2.45. The highest BCUT2D eigenvalue weighted by atomic mass is 15.2. The van der Waals surface area contributed by atoms with Crippen LogP contribution in [0.15, 0.2) is 206 Å². The van der Waals surface area contributed by atoms with Crippen molar-refractivity contribution in [2.24, 2.45) is 0 Å². The molecule has 8 aromatic rings. The maximum absolute atomic E-state index is 4.02. The van der Waals surface area contributed by atoms with Gasteiger partial charge in [0.25, 0.3) is 0 Å². The van der Waals surface area contributed by atoms with E-state index in [2.05, 4.69) is 216 Å². The predicted octanol–water partition coefficient (Wildman–Crippen LogP) is 12.8. The molecule has 11 rings (SSSR count). The molecular formula is C52H36N2. The molecule has 1 N–H and O–H groups in total. The number of rotatable bonds is 4. The van der Waals surface area contributed by atoms with E-state index in [1.165, 1.54) is 77.8 Å². The predicted molar refractivity (Wildman–Crippen MR) is 224 cm³/mol. The molecule has 0 radical (unpaired) electrons. The van der Waals surface area contributed by atoms with Crippen LogP contribution in [0.3, 0.4) is 0 Å². The molecule has 2 aliphatic heterocycles. The summed E-state index contributed by atoms with van der Waals surface area (Å²) < 4.78 is 0. The lowest BCUT2D eigenvalue weighted by atomic mass is 9.64. The first kappa shape index (κ1) is 30.7. The van der Waals surface area contributed by atoms with Gasteiger partial charge in [-0.05, 0) is 115 Å². The summed E-state index contributed by atoms with van der Waals surface area (Å²) in [5, 5.41) is 6.52. The molecule has 0 saturated carbocycles. The summed E-state index contributed by atoms with van der Waals surface area (Å²) >= 11 is 0. The standard InChI is InChI=1S/C52H36N2/c1-4-17-35(18-5-1)39-33-47(36-19-6-2-7-20-36)53-48(34-39)41-25-16-28-45-51(41)42-31-37-21-10-11-22-38(37)32-46(42)52(45)43-26-12-14-29-49(43)54(40-23-8-3-9-24-40)50-30-15-13-27-44(50)52/h1-34,48,53H. The van der Waals surface area contributed by atoms with Gasteiger partial charge in [0.05, 0.1) is 22.8 Å². The highest BCUT2D eigenvalue weighted by Crippen LogP contribution is 2.64. The van der Waals surface area contributed by atoms with Gasteiger partial charge in [-0.1, -0.05) is 158 Å². The molecule has 3 aliphatic rings. The van der Waals surface area contributed by atoms with Crippen LogP contribution in [0, 0.1) is 0 Å². The van der Waals surface area contributed by atoms with E-state index in [1.807, 2.05) is 0 Å². The van der Waals surface area contributed by atoms with E-state index in [0.717, 1.165) is 11.4 Å². The molecule has 8 aromatic carbocycles. The average molecular weight is 689 g/mol. The summed E-state index contributed by atoms with van der Waals surface area (Å²) in [6.45, 7) is 0. The molecule has 0 saturated heterocycles. The SMILES string of the molecule is C1=C(c2ccccc2)C=C(c2ccccc2)NC1c1cccc2c1-c1cc3ccccc3cc1C21c2ccccc2N(c2ccccc2)c2ccccc21. The number of benzene rings is 8. The van der Waals surface area contributed by atoms with Gasteiger partial charge in [0.15, 0.2) is 0 Å². The molecule has 2 heterocycles. The van der Waals surface area contributed by atoms with Crippen LogP contribution in [0.4, 0.5) is 17.1 Å². The molecule has 1 aliphatic carbocycles. The van der Waals surface area contributed by atoms with Crippen LogP contribution < -0.4 is 10.2 Å². The Kier molecular flexibility index (Phi) is 6.87. The number of fused-ring (bicyclic) bond motifs is 10. The van der Waals surface area contributed by atoms with Gasteiger partial charge in [-0.2, -0.15) is 0 Å². The molecule has 0 fully saturated rings. The average Bonchev–Trinajstić information content (AvgIpc) is 3.53. The van der Waals surface area contributed by atoms with Gasteiger partial charge in [0.1, 0.15) is 0 Å². The number of nitrogens with zero attached hydrogens (tertiary/aromatic N) is 1. The van der Waals surface area contributed by atoms with Crippen molar-refractivity contribution in [2.75, 3.05) is 4.90 Å². The Morgan fingerprint density at radius 3 is 1.70 bits per heavy atom. The molecule has 1 spiro atoms. The number of hydrogen-bond donors (Lipinski definition) is 1. The second-order valence-electron chi connectivity index (χ2n) is 14.5. The molecule has 1 unspecified atom stereocenters. The van der Waals surface area contributed by atoms with E-state index < -0.39 is 5.41 Å². The zero-order valence-electron chi connectivity index (χ0n) is 29.7. The van der Waals surface area contributed by atoms with Crippen molar-refractivity contribution in [2.45, 2.75) is 11.5 Å². The van der Waals surface area contributed by atoms with Crippen molar-refractivity contribution in [1.82, 2.24) is 5.32 Å². The minimum absolute atomic E-state index is 0.0697. The molecule has 2 heteroatoms. The molecule has 54 heavy (non-hydrogen) atoms. The zero-order valence-corrected chi connectivity index (χ0v) is 29.7. The number of hydrogen-bond acceptors (Lipinski definition) is 2. The monoisotopic (exact) mass is 688 g/mol. The molecule has 0 amide bonds. The topological polar surface area (TPSA) is 15.3 Å². The Labute approximate surface area is 316 Å². The van der Waals surface area contributed by atoms with Gasteiger partial charge in [0.2, 0.25) is 0 Å². The molecule has 1 atom stereocenters. The maximum atomic E-state index is 4.02. The molecule has 0 bridgehead atoms. The summed E-state index contributed by atoms with van der Waals surface area (Å²) in [5.41, 5.74) is 16.9. The summed E-state index contributed by atoms with van der Waals surface area (Å²) in [7, 11) is 0. The van der Waals surface area contributed by atoms with Gasteiger partial charge >= 0.3 is 0 Å². The Morgan fingerprint density at radius 1 is 0.463 bits per heavy atom. The van der Waals surface area contributed by atoms with E-state index in [1.54, 1.807) is 0 Å². The van der Waals surface area contributed by atoms with E-state index in [9.17, 15) is 0 Å². The number of para-hydroxylation sites is 3. The highest BCUT2D eigenvalue weighted by Gasteiger charge is 2.52. The smallest absolute Gasteiger partial charge is 0.0754 e. The first-order chi connectivity index (χ1) is 26.8. The first-order valence-electron chi connectivity index (χ1n) is 18.8. The fraction of sp³-hybridized carbons (Fsp3) is 0.0385. The lowest BCUT2D eigenvalue weighted by Gasteiger charge is -2.45. The summed E-state index contributed by atoms with van der Waals surface area (Å²) in [6.07, 6.45) is 4.72. The number of anilines is 3. The van der Waals surface area contributed by atoms with Crippen LogP contribution in [0.2, 0.25) is 0 Å². The van der Waals surface area contributed by atoms with Gasteiger partial charge in [-0.3, -0.25) is 0 Å². The minimum Gasteiger partial charge on any atom is -0.374 e. The quantitative estimate of drug-likeness (QED) is 0.198. The van der Waals surface area contributed by atoms with Crippen molar-refractivity contribution in [3.63, 3.8) is 0 Å². The van der Waals surface area contributed by atoms with Crippen LogP contribution in [0.25, 0.3) is 33.2 Å². The molecule has 2 nitrogen and oxygen atoms in total. The van der Waals surface area contributed by atoms with Crippen molar-refractivity contribution in [3.8, 4) is 11.1 Å². The molecule has 254 valence electrons. The first-order valence-corrected chi connectivity index (χ1v) is 18.8. The van der Waals surface area contributed by atoms with Crippen LogP contribution in [-0.4, -0.2) is 0 Å². The third kappa shape index (κ3) is 4.47. The second kappa shape index (κ2) is 12.1. The fourth-order valence-electron chi connectivity index (χ4n) is 9.42.